The molecule has 3 fully saturated rings. The summed E-state index contributed by atoms with van der Waals surface area (Å²) in [4.78, 5) is 56.0. The van der Waals surface area contributed by atoms with Crippen molar-refractivity contribution >= 4 is 23.8 Å². The standard InChI is InChI=1S/C24H32N4O4/c1-3-20(29)26-12-9-24(10-13-26)22(31)28(23(32)25-24)19-8-5-11-27(16-19)21(30)15-18-7-4-6-17(2)14-18/h4,6-7,14,19H,3,5,8-13,15-16H2,1-2H3,(H,25,32)/t19-/m1/s1. The molecular formula is C24H32N4O4. The summed E-state index contributed by atoms with van der Waals surface area (Å²) in [5.41, 5.74) is 1.16. The number of likely N-dealkylation sites (tertiary alicyclic amines) is 2. The Morgan fingerprint density at radius 3 is 2.53 bits per heavy atom. The molecule has 0 aliphatic carbocycles. The first-order valence-corrected chi connectivity index (χ1v) is 11.6. The quantitative estimate of drug-likeness (QED) is 0.724. The van der Waals surface area contributed by atoms with Crippen LogP contribution in [0.5, 0.6) is 0 Å². The molecule has 32 heavy (non-hydrogen) atoms. The molecule has 1 aromatic rings. The van der Waals surface area contributed by atoms with E-state index in [0.29, 0.717) is 58.3 Å². The molecule has 1 N–H and O–H groups in total. The predicted molar refractivity (Wildman–Crippen MR) is 119 cm³/mol. The number of imide groups is 1. The third-order valence-corrected chi connectivity index (χ3v) is 7.02. The van der Waals surface area contributed by atoms with Gasteiger partial charge in [0.1, 0.15) is 5.54 Å². The summed E-state index contributed by atoms with van der Waals surface area (Å²) < 4.78 is 0. The van der Waals surface area contributed by atoms with Crippen LogP contribution in [-0.4, -0.2) is 76.2 Å². The first-order valence-electron chi connectivity index (χ1n) is 11.6. The summed E-state index contributed by atoms with van der Waals surface area (Å²) >= 11 is 0. The number of aryl methyl sites for hydroxylation is 1. The Hall–Kier alpha value is -2.90. The Balaban J connectivity index is 1.41. The molecule has 3 heterocycles. The molecule has 3 saturated heterocycles. The molecule has 8 heteroatoms. The van der Waals surface area contributed by atoms with E-state index in [1.54, 1.807) is 9.80 Å². The number of carbonyl (C=O) groups excluding carboxylic acids is 4. The van der Waals surface area contributed by atoms with Gasteiger partial charge in [0, 0.05) is 32.6 Å². The molecule has 172 valence electrons. The van der Waals surface area contributed by atoms with E-state index in [9.17, 15) is 19.2 Å². The van der Waals surface area contributed by atoms with Crippen LogP contribution in [0.25, 0.3) is 0 Å². The molecular weight excluding hydrogens is 408 g/mol. The molecule has 4 rings (SSSR count). The number of nitrogens with one attached hydrogen (secondary N) is 1. The second-order valence-corrected chi connectivity index (χ2v) is 9.22. The van der Waals surface area contributed by atoms with Gasteiger partial charge in [-0.2, -0.15) is 0 Å². The summed E-state index contributed by atoms with van der Waals surface area (Å²) in [6.45, 7) is 5.79. The van der Waals surface area contributed by atoms with Gasteiger partial charge in [-0.25, -0.2) is 4.79 Å². The molecule has 0 bridgehead atoms. The van der Waals surface area contributed by atoms with Crippen LogP contribution < -0.4 is 5.32 Å². The van der Waals surface area contributed by atoms with E-state index in [1.807, 2.05) is 38.1 Å². The number of urea groups is 1. The van der Waals surface area contributed by atoms with Crippen molar-refractivity contribution in [3.63, 3.8) is 0 Å². The minimum absolute atomic E-state index is 0.0217. The molecule has 5 amide bonds. The second kappa shape index (κ2) is 8.92. The van der Waals surface area contributed by atoms with Crippen molar-refractivity contribution in [2.24, 2.45) is 0 Å². The number of benzene rings is 1. The smallest absolute Gasteiger partial charge is 0.325 e. The van der Waals surface area contributed by atoms with Crippen molar-refractivity contribution < 1.29 is 19.2 Å². The number of hydrogen-bond donors (Lipinski definition) is 1. The average molecular weight is 441 g/mol. The topological polar surface area (TPSA) is 90.0 Å². The molecule has 0 saturated carbocycles. The Morgan fingerprint density at radius 2 is 1.84 bits per heavy atom. The Morgan fingerprint density at radius 1 is 1.09 bits per heavy atom. The molecule has 1 atom stereocenters. The lowest BCUT2D eigenvalue weighted by Gasteiger charge is -2.39. The highest BCUT2D eigenvalue weighted by molar-refractivity contribution is 6.07. The van der Waals surface area contributed by atoms with Crippen LogP contribution in [0.15, 0.2) is 24.3 Å². The Bertz CT molecular complexity index is 922. The lowest BCUT2D eigenvalue weighted by atomic mass is 9.87. The summed E-state index contributed by atoms with van der Waals surface area (Å²) in [5, 5.41) is 2.93. The van der Waals surface area contributed by atoms with Crippen molar-refractivity contribution in [1.29, 1.82) is 0 Å². The zero-order valence-electron chi connectivity index (χ0n) is 18.9. The first kappa shape index (κ1) is 22.3. The van der Waals surface area contributed by atoms with Crippen LogP contribution in [-0.2, 0) is 20.8 Å². The van der Waals surface area contributed by atoms with Gasteiger partial charge in [-0.15, -0.1) is 0 Å². The van der Waals surface area contributed by atoms with Gasteiger partial charge in [0.2, 0.25) is 11.8 Å². The van der Waals surface area contributed by atoms with Gasteiger partial charge in [-0.05, 0) is 38.2 Å². The SMILES string of the molecule is CCC(=O)N1CCC2(CC1)NC(=O)N([C@@H]1CCCN(C(=O)Cc3cccc(C)c3)C1)C2=O. The molecule has 0 aromatic heterocycles. The summed E-state index contributed by atoms with van der Waals surface area (Å²) in [6, 6.07) is 7.22. The van der Waals surface area contributed by atoms with E-state index in [0.717, 1.165) is 17.5 Å². The number of hydrogen-bond acceptors (Lipinski definition) is 4. The van der Waals surface area contributed by atoms with Gasteiger partial charge in [-0.1, -0.05) is 36.8 Å². The number of piperidine rings is 2. The van der Waals surface area contributed by atoms with Crippen molar-refractivity contribution in [1.82, 2.24) is 20.0 Å². The third-order valence-electron chi connectivity index (χ3n) is 7.02. The van der Waals surface area contributed by atoms with Gasteiger partial charge in [0.15, 0.2) is 0 Å². The molecule has 3 aliphatic heterocycles. The van der Waals surface area contributed by atoms with Gasteiger partial charge < -0.3 is 15.1 Å². The first-order chi connectivity index (χ1) is 15.3. The molecule has 8 nitrogen and oxygen atoms in total. The van der Waals surface area contributed by atoms with Gasteiger partial charge >= 0.3 is 6.03 Å². The predicted octanol–water partition coefficient (Wildman–Crippen LogP) is 1.85. The fourth-order valence-electron chi connectivity index (χ4n) is 5.17. The van der Waals surface area contributed by atoms with Crippen LogP contribution in [0, 0.1) is 6.92 Å². The fourth-order valence-corrected chi connectivity index (χ4v) is 5.17. The highest BCUT2D eigenvalue weighted by atomic mass is 16.2. The van der Waals surface area contributed by atoms with Crippen molar-refractivity contribution in [2.75, 3.05) is 26.2 Å². The molecule has 0 radical (unpaired) electrons. The van der Waals surface area contributed by atoms with E-state index in [2.05, 4.69) is 5.32 Å². The highest BCUT2D eigenvalue weighted by Crippen LogP contribution is 2.32. The maximum atomic E-state index is 13.4. The maximum absolute atomic E-state index is 13.4. The number of rotatable bonds is 4. The van der Waals surface area contributed by atoms with E-state index < -0.39 is 5.54 Å². The lowest BCUT2D eigenvalue weighted by molar-refractivity contribution is -0.141. The molecule has 0 unspecified atom stereocenters. The normalized spacial score (nSPS) is 22.9. The molecule has 1 spiro atoms. The van der Waals surface area contributed by atoms with Crippen LogP contribution in [0.3, 0.4) is 0 Å². The largest absolute Gasteiger partial charge is 0.343 e. The van der Waals surface area contributed by atoms with Crippen molar-refractivity contribution in [3.05, 3.63) is 35.4 Å². The summed E-state index contributed by atoms with van der Waals surface area (Å²) in [6.07, 6.45) is 3.08. The minimum atomic E-state index is -0.921. The van der Waals surface area contributed by atoms with Crippen LogP contribution in [0.4, 0.5) is 4.79 Å². The van der Waals surface area contributed by atoms with Crippen LogP contribution in [0.2, 0.25) is 0 Å². The monoisotopic (exact) mass is 440 g/mol. The third kappa shape index (κ3) is 4.23. The van der Waals surface area contributed by atoms with Crippen molar-refractivity contribution in [2.45, 2.75) is 64.0 Å². The lowest BCUT2D eigenvalue weighted by Crippen LogP contribution is -2.57. The summed E-state index contributed by atoms with van der Waals surface area (Å²) in [7, 11) is 0. The van der Waals surface area contributed by atoms with Gasteiger partial charge in [0.05, 0.1) is 12.5 Å². The van der Waals surface area contributed by atoms with Crippen LogP contribution >= 0.6 is 0 Å². The van der Waals surface area contributed by atoms with E-state index in [4.69, 9.17) is 0 Å². The zero-order valence-corrected chi connectivity index (χ0v) is 18.9. The highest BCUT2D eigenvalue weighted by Gasteiger charge is 2.54. The second-order valence-electron chi connectivity index (χ2n) is 9.22. The van der Waals surface area contributed by atoms with E-state index >= 15 is 0 Å². The zero-order chi connectivity index (χ0) is 22.9. The van der Waals surface area contributed by atoms with Gasteiger partial charge in [0.25, 0.3) is 5.91 Å². The molecule has 1 aromatic carbocycles. The number of carbonyl (C=O) groups is 4. The Kier molecular flexibility index (Phi) is 6.22. The summed E-state index contributed by atoms with van der Waals surface area (Å²) in [5.74, 6) is -0.110. The fraction of sp³-hybridized carbons (Fsp3) is 0.583. The van der Waals surface area contributed by atoms with E-state index in [1.165, 1.54) is 4.90 Å². The maximum Gasteiger partial charge on any atom is 0.325 e. The number of amides is 5. The van der Waals surface area contributed by atoms with Gasteiger partial charge in [-0.3, -0.25) is 19.3 Å². The van der Waals surface area contributed by atoms with E-state index in [-0.39, 0.29) is 29.8 Å². The van der Waals surface area contributed by atoms with Crippen molar-refractivity contribution in [3.8, 4) is 0 Å². The number of nitrogens with zero attached hydrogens (tertiary/aromatic N) is 3. The Labute approximate surface area is 188 Å². The minimum Gasteiger partial charge on any atom is -0.343 e. The molecule has 3 aliphatic rings. The van der Waals surface area contributed by atoms with Crippen LogP contribution in [0.1, 0.15) is 50.2 Å². The average Bonchev–Trinajstić information content (AvgIpc) is 3.02.